The van der Waals surface area contributed by atoms with Crippen molar-refractivity contribution in [2.75, 3.05) is 0 Å². The number of benzene rings is 2. The number of primary amides is 1. The van der Waals surface area contributed by atoms with Crippen LogP contribution in [0.3, 0.4) is 0 Å². The summed E-state index contributed by atoms with van der Waals surface area (Å²) in [5.74, 6) is -1.18. The van der Waals surface area contributed by atoms with Crippen LogP contribution in [0.2, 0.25) is 5.02 Å². The highest BCUT2D eigenvalue weighted by Gasteiger charge is 2.11. The number of hydrogen-bond donors (Lipinski definition) is 3. The number of amides is 1. The maximum Gasteiger partial charge on any atom is 0.223 e. The highest BCUT2D eigenvalue weighted by molar-refractivity contribution is 6.33. The van der Waals surface area contributed by atoms with Crippen molar-refractivity contribution in [3.05, 3.63) is 53.1 Å². The van der Waals surface area contributed by atoms with Gasteiger partial charge in [-0.15, -0.1) is 0 Å². The fraction of sp³-hybridized carbons (Fsp3) is 0.0667. The Hall–Kier alpha value is -2.73. The molecule has 2 rings (SSSR count). The monoisotopic (exact) mass is 320 g/mol. The van der Waals surface area contributed by atoms with E-state index in [1.54, 1.807) is 24.3 Å². The molecule has 0 fully saturated rings. The first kappa shape index (κ1) is 15.7. The number of hydrogen-bond acceptors (Lipinski definition) is 5. The van der Waals surface area contributed by atoms with Crippen molar-refractivity contribution in [2.45, 2.75) is 6.42 Å². The molecule has 0 saturated heterocycles. The van der Waals surface area contributed by atoms with Gasteiger partial charge in [0, 0.05) is 12.1 Å². The van der Waals surface area contributed by atoms with Gasteiger partial charge in [0.2, 0.25) is 5.91 Å². The zero-order valence-electron chi connectivity index (χ0n) is 11.4. The Balaban J connectivity index is 2.29. The first-order chi connectivity index (χ1) is 10.5. The highest BCUT2D eigenvalue weighted by Crippen LogP contribution is 2.36. The summed E-state index contributed by atoms with van der Waals surface area (Å²) in [7, 11) is 0. The Bertz CT molecular complexity index is 694. The first-order valence-corrected chi connectivity index (χ1v) is 6.64. The van der Waals surface area contributed by atoms with E-state index in [2.05, 4.69) is 5.16 Å². The lowest BCUT2D eigenvalue weighted by Gasteiger charge is -2.07. The topological polar surface area (TPSA) is 105 Å². The molecule has 0 aliphatic heterocycles. The fourth-order valence-electron chi connectivity index (χ4n) is 1.71. The predicted molar refractivity (Wildman–Crippen MR) is 82.2 cm³/mol. The van der Waals surface area contributed by atoms with Crippen molar-refractivity contribution in [1.29, 1.82) is 0 Å². The number of carbonyl (C=O) groups is 1. The summed E-state index contributed by atoms with van der Waals surface area (Å²) in [6, 6.07) is 11.3. The SMILES string of the molecule is NC(=O)C/C(=N\Oc1cc(O)c(Cl)c(O)c1)c1ccccc1. The van der Waals surface area contributed by atoms with Gasteiger partial charge in [0.05, 0.1) is 12.1 Å². The molecular weight excluding hydrogens is 308 g/mol. The van der Waals surface area contributed by atoms with E-state index in [0.717, 1.165) is 0 Å². The molecule has 0 atom stereocenters. The summed E-state index contributed by atoms with van der Waals surface area (Å²) in [5.41, 5.74) is 6.19. The molecule has 0 unspecified atom stereocenters. The Labute approximate surface area is 131 Å². The fourth-order valence-corrected chi connectivity index (χ4v) is 1.82. The lowest BCUT2D eigenvalue weighted by Crippen LogP contribution is -2.17. The zero-order valence-corrected chi connectivity index (χ0v) is 12.1. The molecule has 0 saturated carbocycles. The third-order valence-electron chi connectivity index (χ3n) is 2.72. The molecule has 1 amide bonds. The number of carbonyl (C=O) groups excluding carboxylic acids is 1. The molecule has 0 aromatic heterocycles. The van der Waals surface area contributed by atoms with E-state index in [4.69, 9.17) is 22.2 Å². The van der Waals surface area contributed by atoms with E-state index in [9.17, 15) is 15.0 Å². The molecule has 0 bridgehead atoms. The quantitative estimate of drug-likeness (QED) is 0.581. The smallest absolute Gasteiger partial charge is 0.223 e. The van der Waals surface area contributed by atoms with Gasteiger partial charge in [0.1, 0.15) is 16.5 Å². The number of nitrogens with two attached hydrogens (primary N) is 1. The van der Waals surface area contributed by atoms with Crippen LogP contribution >= 0.6 is 11.6 Å². The van der Waals surface area contributed by atoms with Crippen LogP contribution in [0.15, 0.2) is 47.6 Å². The van der Waals surface area contributed by atoms with Crippen molar-refractivity contribution >= 4 is 23.2 Å². The van der Waals surface area contributed by atoms with Crippen molar-refractivity contribution in [3.8, 4) is 17.2 Å². The summed E-state index contributed by atoms with van der Waals surface area (Å²) < 4.78 is 0. The number of rotatable bonds is 5. The average Bonchev–Trinajstić information content (AvgIpc) is 2.49. The maximum atomic E-state index is 11.1. The summed E-state index contributed by atoms with van der Waals surface area (Å²) >= 11 is 5.62. The van der Waals surface area contributed by atoms with Crippen LogP contribution in [0.1, 0.15) is 12.0 Å². The van der Waals surface area contributed by atoms with Crippen molar-refractivity contribution in [1.82, 2.24) is 0 Å². The Morgan fingerprint density at radius 1 is 1.18 bits per heavy atom. The molecule has 6 nitrogen and oxygen atoms in total. The second kappa shape index (κ2) is 6.82. The molecule has 4 N–H and O–H groups in total. The molecule has 0 radical (unpaired) electrons. The highest BCUT2D eigenvalue weighted by atomic mass is 35.5. The second-order valence-electron chi connectivity index (χ2n) is 4.41. The number of halogens is 1. The van der Waals surface area contributed by atoms with Crippen LogP contribution < -0.4 is 10.6 Å². The Morgan fingerprint density at radius 2 is 1.77 bits per heavy atom. The van der Waals surface area contributed by atoms with Crippen LogP contribution in [0.5, 0.6) is 17.2 Å². The van der Waals surface area contributed by atoms with Gasteiger partial charge in [0.15, 0.2) is 5.75 Å². The molecule has 0 aliphatic carbocycles. The summed E-state index contributed by atoms with van der Waals surface area (Å²) in [5, 5.41) is 22.7. The van der Waals surface area contributed by atoms with Crippen molar-refractivity contribution in [3.63, 3.8) is 0 Å². The van der Waals surface area contributed by atoms with E-state index in [0.29, 0.717) is 11.3 Å². The number of nitrogens with zero attached hydrogens (tertiary/aromatic N) is 1. The van der Waals surface area contributed by atoms with E-state index < -0.39 is 5.91 Å². The van der Waals surface area contributed by atoms with Crippen LogP contribution in [0.4, 0.5) is 0 Å². The van der Waals surface area contributed by atoms with Crippen LogP contribution in [-0.4, -0.2) is 21.8 Å². The standard InChI is InChI=1S/C15H13ClN2O4/c16-15-12(19)6-10(7-13(15)20)22-18-11(8-14(17)21)9-4-2-1-3-5-9/h1-7,19-20H,8H2,(H2,17,21)/b18-11+. The average molecular weight is 321 g/mol. The Morgan fingerprint density at radius 3 is 2.32 bits per heavy atom. The van der Waals surface area contributed by atoms with E-state index in [1.807, 2.05) is 6.07 Å². The number of oxime groups is 1. The third kappa shape index (κ3) is 3.89. The minimum atomic E-state index is -0.562. The third-order valence-corrected chi connectivity index (χ3v) is 3.10. The molecule has 114 valence electrons. The molecule has 2 aromatic carbocycles. The van der Waals surface area contributed by atoms with Crippen molar-refractivity contribution in [2.24, 2.45) is 10.9 Å². The van der Waals surface area contributed by atoms with Gasteiger partial charge in [0.25, 0.3) is 0 Å². The van der Waals surface area contributed by atoms with Gasteiger partial charge in [-0.05, 0) is 5.56 Å². The van der Waals surface area contributed by atoms with Gasteiger partial charge in [-0.3, -0.25) is 4.79 Å². The summed E-state index contributed by atoms with van der Waals surface area (Å²) in [6.07, 6.45) is -0.116. The molecule has 2 aromatic rings. The zero-order chi connectivity index (χ0) is 16.1. The van der Waals surface area contributed by atoms with Crippen LogP contribution in [0.25, 0.3) is 0 Å². The van der Waals surface area contributed by atoms with Gasteiger partial charge in [-0.1, -0.05) is 47.1 Å². The minimum Gasteiger partial charge on any atom is -0.506 e. The lowest BCUT2D eigenvalue weighted by atomic mass is 10.1. The largest absolute Gasteiger partial charge is 0.506 e. The molecule has 0 heterocycles. The predicted octanol–water partition coefficient (Wildman–Crippen LogP) is 2.41. The van der Waals surface area contributed by atoms with Gasteiger partial charge < -0.3 is 20.8 Å². The molecule has 0 spiro atoms. The van der Waals surface area contributed by atoms with E-state index >= 15 is 0 Å². The number of aromatic hydroxyl groups is 2. The summed E-state index contributed by atoms with van der Waals surface area (Å²) in [6.45, 7) is 0. The normalized spacial score (nSPS) is 11.2. The van der Waals surface area contributed by atoms with Crippen LogP contribution in [0, 0.1) is 0 Å². The molecule has 0 aliphatic rings. The van der Waals surface area contributed by atoms with Crippen molar-refractivity contribution < 1.29 is 19.8 Å². The molecule has 7 heteroatoms. The second-order valence-corrected chi connectivity index (χ2v) is 4.79. The van der Waals surface area contributed by atoms with Gasteiger partial charge in [-0.2, -0.15) is 0 Å². The van der Waals surface area contributed by atoms with Gasteiger partial charge >= 0.3 is 0 Å². The minimum absolute atomic E-state index is 0.0669. The van der Waals surface area contributed by atoms with Gasteiger partial charge in [-0.25, -0.2) is 0 Å². The van der Waals surface area contributed by atoms with E-state index in [1.165, 1.54) is 12.1 Å². The molecule has 22 heavy (non-hydrogen) atoms. The first-order valence-electron chi connectivity index (χ1n) is 6.26. The van der Waals surface area contributed by atoms with E-state index in [-0.39, 0.29) is 28.7 Å². The maximum absolute atomic E-state index is 11.1. The number of phenols is 2. The lowest BCUT2D eigenvalue weighted by molar-refractivity contribution is -0.116. The summed E-state index contributed by atoms with van der Waals surface area (Å²) in [4.78, 5) is 16.3. The number of phenolic OH excluding ortho intramolecular Hbond substituents is 2. The Kier molecular flexibility index (Phi) is 4.85. The van der Waals surface area contributed by atoms with Crippen LogP contribution in [-0.2, 0) is 4.79 Å². The molecular formula is C15H13ClN2O4.